The van der Waals surface area contributed by atoms with Crippen LogP contribution in [-0.2, 0) is 6.42 Å². The molecule has 0 amide bonds. The lowest BCUT2D eigenvalue weighted by atomic mass is 10.0. The lowest BCUT2D eigenvalue weighted by Crippen LogP contribution is -1.86. The Morgan fingerprint density at radius 2 is 0.872 bits per heavy atom. The van der Waals surface area contributed by atoms with Crippen LogP contribution in [0, 0.1) is 0 Å². The summed E-state index contributed by atoms with van der Waals surface area (Å²) in [5, 5.41) is 2.89. The van der Waals surface area contributed by atoms with E-state index in [9.17, 15) is 0 Å². The van der Waals surface area contributed by atoms with E-state index in [1.807, 2.05) is 22.7 Å². The van der Waals surface area contributed by atoms with E-state index >= 15 is 0 Å². The van der Waals surface area contributed by atoms with Gasteiger partial charge in [-0.2, -0.15) is 0 Å². The summed E-state index contributed by atoms with van der Waals surface area (Å²) in [6, 6.07) is 16.1. The van der Waals surface area contributed by atoms with E-state index in [-0.39, 0.29) is 0 Å². The zero-order chi connectivity index (χ0) is 27.0. The van der Waals surface area contributed by atoms with Gasteiger partial charge in [0, 0.05) is 20.2 Å². The summed E-state index contributed by atoms with van der Waals surface area (Å²) in [5.74, 6) is 0. The molecule has 2 aromatic carbocycles. The molecule has 0 saturated carbocycles. The zero-order valence-electron chi connectivity index (χ0n) is 24.9. The maximum absolute atomic E-state index is 2.47. The molecule has 0 spiro atoms. The standard InChI is InChI=1S/C37H54S2/c1-2-3-4-5-6-7-8-9-10-11-12-13-14-15-16-17-18-19-20-21-22-25-31-28-29-33-35(30-31)39-36-32-26-23-24-27-34(32)38-37(33)36/h23-24,26-30H,2-22,25H2,1H3. The fourth-order valence-electron chi connectivity index (χ4n) is 6.17. The van der Waals surface area contributed by atoms with Gasteiger partial charge in [0.05, 0.1) is 9.40 Å². The molecule has 0 nitrogen and oxygen atoms in total. The Balaban J connectivity index is 0.945. The van der Waals surface area contributed by atoms with Crippen LogP contribution in [0.1, 0.15) is 147 Å². The summed E-state index contributed by atoms with van der Waals surface area (Å²) < 4.78 is 5.86. The van der Waals surface area contributed by atoms with E-state index in [1.54, 1.807) is 0 Å². The fourth-order valence-corrected chi connectivity index (χ4v) is 8.88. The van der Waals surface area contributed by atoms with Gasteiger partial charge in [-0.1, -0.05) is 166 Å². The number of hydrogen-bond acceptors (Lipinski definition) is 2. The largest absolute Gasteiger partial charge is 0.134 e. The highest BCUT2D eigenvalue weighted by atomic mass is 32.1. The van der Waals surface area contributed by atoms with E-state index in [0.29, 0.717) is 0 Å². The summed E-state index contributed by atoms with van der Waals surface area (Å²) in [7, 11) is 0. The van der Waals surface area contributed by atoms with Crippen LogP contribution in [0.2, 0.25) is 0 Å². The molecule has 0 bridgehead atoms. The SMILES string of the molecule is CCCCCCCCCCCCCCCCCCCCCCCc1ccc2c(c1)sc1c3ccccc3sc21. The highest BCUT2D eigenvalue weighted by Crippen LogP contribution is 2.44. The van der Waals surface area contributed by atoms with Gasteiger partial charge in [-0.3, -0.25) is 0 Å². The van der Waals surface area contributed by atoms with Crippen LogP contribution in [-0.4, -0.2) is 0 Å². The molecule has 4 rings (SSSR count). The smallest absolute Gasteiger partial charge is 0.0542 e. The normalized spacial score (nSPS) is 11.9. The molecule has 39 heavy (non-hydrogen) atoms. The van der Waals surface area contributed by atoms with Crippen LogP contribution < -0.4 is 0 Å². The predicted octanol–water partition coefficient (Wildman–Crippen LogP) is 14.0. The van der Waals surface area contributed by atoms with Gasteiger partial charge in [-0.25, -0.2) is 0 Å². The summed E-state index contributed by atoms with van der Waals surface area (Å²) in [6.07, 6.45) is 31.7. The molecule has 0 saturated heterocycles. The predicted molar refractivity (Wildman–Crippen MR) is 181 cm³/mol. The number of rotatable bonds is 22. The van der Waals surface area contributed by atoms with Crippen molar-refractivity contribution in [1.82, 2.24) is 0 Å². The van der Waals surface area contributed by atoms with Crippen LogP contribution >= 0.6 is 22.7 Å². The number of benzene rings is 2. The molecule has 0 fully saturated rings. The molecule has 0 aliphatic heterocycles. The van der Waals surface area contributed by atoms with Crippen molar-refractivity contribution in [2.24, 2.45) is 0 Å². The molecular weight excluding hydrogens is 509 g/mol. The van der Waals surface area contributed by atoms with Crippen molar-refractivity contribution in [2.45, 2.75) is 148 Å². The fraction of sp³-hybridized carbons (Fsp3) is 0.622. The van der Waals surface area contributed by atoms with Crippen molar-refractivity contribution < 1.29 is 0 Å². The molecule has 2 heterocycles. The first-order valence-electron chi connectivity index (χ1n) is 16.7. The molecule has 0 radical (unpaired) electrons. The first-order valence-corrected chi connectivity index (χ1v) is 18.3. The van der Waals surface area contributed by atoms with Crippen LogP contribution in [0.3, 0.4) is 0 Å². The van der Waals surface area contributed by atoms with E-state index in [0.717, 1.165) is 0 Å². The van der Waals surface area contributed by atoms with Crippen molar-refractivity contribution in [3.05, 3.63) is 48.0 Å². The molecule has 0 N–H and O–H groups in total. The molecule has 2 aromatic heterocycles. The topological polar surface area (TPSA) is 0 Å². The monoisotopic (exact) mass is 562 g/mol. The average Bonchev–Trinajstić information content (AvgIpc) is 3.49. The van der Waals surface area contributed by atoms with Gasteiger partial charge in [0.2, 0.25) is 0 Å². The molecule has 214 valence electrons. The minimum atomic E-state index is 1.24. The molecule has 0 aliphatic rings. The lowest BCUT2D eigenvalue weighted by molar-refractivity contribution is 0.520. The van der Waals surface area contributed by atoms with E-state index in [1.165, 1.54) is 176 Å². The van der Waals surface area contributed by atoms with Crippen molar-refractivity contribution in [1.29, 1.82) is 0 Å². The third kappa shape index (κ3) is 10.2. The number of aryl methyl sites for hydroxylation is 1. The van der Waals surface area contributed by atoms with Crippen LogP contribution in [0.4, 0.5) is 0 Å². The Kier molecular flexibility index (Phi) is 14.2. The van der Waals surface area contributed by atoms with E-state index in [2.05, 4.69) is 49.4 Å². The lowest BCUT2D eigenvalue weighted by Gasteiger charge is -2.04. The molecule has 2 heteroatoms. The van der Waals surface area contributed by atoms with Gasteiger partial charge in [0.1, 0.15) is 0 Å². The van der Waals surface area contributed by atoms with E-state index in [4.69, 9.17) is 0 Å². The van der Waals surface area contributed by atoms with Gasteiger partial charge < -0.3 is 0 Å². The summed E-state index contributed by atoms with van der Waals surface area (Å²) in [5.41, 5.74) is 1.53. The van der Waals surface area contributed by atoms with Gasteiger partial charge >= 0.3 is 0 Å². The van der Waals surface area contributed by atoms with Gasteiger partial charge in [-0.05, 0) is 30.5 Å². The second kappa shape index (κ2) is 18.1. The van der Waals surface area contributed by atoms with Gasteiger partial charge in [0.25, 0.3) is 0 Å². The molecule has 4 aromatic rings. The quantitative estimate of drug-likeness (QED) is 0.0835. The van der Waals surface area contributed by atoms with Crippen LogP contribution in [0.5, 0.6) is 0 Å². The minimum Gasteiger partial charge on any atom is -0.134 e. The van der Waals surface area contributed by atoms with Crippen LogP contribution in [0.25, 0.3) is 29.6 Å². The van der Waals surface area contributed by atoms with Crippen molar-refractivity contribution in [3.8, 4) is 0 Å². The van der Waals surface area contributed by atoms with Crippen molar-refractivity contribution >= 4 is 52.2 Å². The van der Waals surface area contributed by atoms with E-state index < -0.39 is 0 Å². The highest BCUT2D eigenvalue weighted by Gasteiger charge is 2.11. The third-order valence-electron chi connectivity index (χ3n) is 8.62. The second-order valence-electron chi connectivity index (χ2n) is 12.0. The number of fused-ring (bicyclic) bond motifs is 5. The maximum Gasteiger partial charge on any atom is 0.0542 e. The summed E-state index contributed by atoms with van der Waals surface area (Å²) >= 11 is 3.95. The highest BCUT2D eigenvalue weighted by molar-refractivity contribution is 7.36. The summed E-state index contributed by atoms with van der Waals surface area (Å²) in [4.78, 5) is 0. The number of hydrogen-bond donors (Lipinski definition) is 0. The Hall–Kier alpha value is -1.38. The molecular formula is C37H54S2. The Morgan fingerprint density at radius 3 is 1.41 bits per heavy atom. The number of thiophene rings is 2. The molecule has 0 atom stereocenters. The molecule has 0 unspecified atom stereocenters. The number of unbranched alkanes of at least 4 members (excludes halogenated alkanes) is 20. The Morgan fingerprint density at radius 1 is 0.436 bits per heavy atom. The molecule has 0 aliphatic carbocycles. The van der Waals surface area contributed by atoms with Crippen molar-refractivity contribution in [3.63, 3.8) is 0 Å². The first-order chi connectivity index (χ1) is 19.4. The second-order valence-corrected chi connectivity index (χ2v) is 14.1. The minimum absolute atomic E-state index is 1.24. The zero-order valence-corrected chi connectivity index (χ0v) is 26.5. The first kappa shape index (κ1) is 30.6. The summed E-state index contributed by atoms with van der Waals surface area (Å²) in [6.45, 7) is 2.30. The average molecular weight is 563 g/mol. The van der Waals surface area contributed by atoms with Crippen LogP contribution in [0.15, 0.2) is 42.5 Å². The maximum atomic E-state index is 2.47. The Bertz CT molecular complexity index is 1200. The van der Waals surface area contributed by atoms with Crippen molar-refractivity contribution in [2.75, 3.05) is 0 Å². The Labute approximate surface area is 247 Å². The third-order valence-corrected chi connectivity index (χ3v) is 11.1. The van der Waals surface area contributed by atoms with Gasteiger partial charge in [-0.15, -0.1) is 22.7 Å². The van der Waals surface area contributed by atoms with Gasteiger partial charge in [0.15, 0.2) is 0 Å².